The van der Waals surface area contributed by atoms with Gasteiger partial charge in [-0.3, -0.25) is 0 Å². The summed E-state index contributed by atoms with van der Waals surface area (Å²) >= 11 is 0. The fraction of sp³-hybridized carbons (Fsp3) is 0.471. The van der Waals surface area contributed by atoms with Crippen molar-refractivity contribution < 1.29 is 19.0 Å². The van der Waals surface area contributed by atoms with Gasteiger partial charge in [0.2, 0.25) is 0 Å². The highest BCUT2D eigenvalue weighted by Gasteiger charge is 2.48. The first kappa shape index (κ1) is 16.2. The van der Waals surface area contributed by atoms with Crippen LogP contribution in [0.3, 0.4) is 0 Å². The van der Waals surface area contributed by atoms with Gasteiger partial charge in [-0.1, -0.05) is 35.5 Å². The number of hydrogen-bond acceptors (Lipinski definition) is 7. The summed E-state index contributed by atoms with van der Waals surface area (Å²) < 4.78 is 18.2. The van der Waals surface area contributed by atoms with E-state index in [9.17, 15) is 4.79 Å². The van der Waals surface area contributed by atoms with Crippen LogP contribution in [0.5, 0.6) is 0 Å². The molecule has 0 aliphatic carbocycles. The van der Waals surface area contributed by atoms with E-state index in [1.165, 1.54) is 12.7 Å². The average molecular weight is 344 g/mol. The fourth-order valence-corrected chi connectivity index (χ4v) is 3.36. The molecule has 132 valence electrons. The average Bonchev–Trinajstić information content (AvgIpc) is 3.36. The van der Waals surface area contributed by atoms with Crippen LogP contribution in [0.25, 0.3) is 0 Å². The van der Waals surface area contributed by atoms with Gasteiger partial charge in [0.15, 0.2) is 5.69 Å². The number of aromatic nitrogens is 3. The van der Waals surface area contributed by atoms with E-state index in [4.69, 9.17) is 9.47 Å². The Morgan fingerprint density at radius 2 is 2.08 bits per heavy atom. The summed E-state index contributed by atoms with van der Waals surface area (Å²) in [6.45, 7) is 1.82. The van der Waals surface area contributed by atoms with Crippen LogP contribution in [0.15, 0.2) is 36.5 Å². The third kappa shape index (κ3) is 3.15. The second kappa shape index (κ2) is 6.91. The van der Waals surface area contributed by atoms with E-state index in [2.05, 4.69) is 32.5 Å². The molecule has 3 heterocycles. The van der Waals surface area contributed by atoms with E-state index in [1.807, 2.05) is 18.2 Å². The second-order valence-electron chi connectivity index (χ2n) is 6.21. The molecule has 0 saturated carbocycles. The Morgan fingerprint density at radius 3 is 2.88 bits per heavy atom. The Balaban J connectivity index is 1.40. The first-order valence-electron chi connectivity index (χ1n) is 8.27. The second-order valence-corrected chi connectivity index (χ2v) is 6.21. The summed E-state index contributed by atoms with van der Waals surface area (Å²) in [5.41, 5.74) is 1.40. The highest BCUT2D eigenvalue weighted by molar-refractivity contribution is 5.86. The SMILES string of the molecule is COC(=O)c1cn([C@H]2CO[C@H]3[C@@H]2OC[C@@H]3NCc2ccccc2)nn1. The normalized spacial score (nSPS) is 28.0. The molecule has 8 nitrogen and oxygen atoms in total. The van der Waals surface area contributed by atoms with Crippen LogP contribution >= 0.6 is 0 Å². The van der Waals surface area contributed by atoms with Crippen molar-refractivity contribution in [3.8, 4) is 0 Å². The third-order valence-electron chi connectivity index (χ3n) is 4.68. The number of benzene rings is 1. The number of rotatable bonds is 5. The molecule has 4 atom stereocenters. The summed E-state index contributed by atoms with van der Waals surface area (Å²) in [4.78, 5) is 11.5. The van der Waals surface area contributed by atoms with Crippen LogP contribution in [-0.4, -0.2) is 59.5 Å². The van der Waals surface area contributed by atoms with Crippen molar-refractivity contribution in [2.75, 3.05) is 20.3 Å². The van der Waals surface area contributed by atoms with Crippen LogP contribution in [0.2, 0.25) is 0 Å². The summed E-state index contributed by atoms with van der Waals surface area (Å²) in [6, 6.07) is 10.2. The summed E-state index contributed by atoms with van der Waals surface area (Å²) in [7, 11) is 1.32. The van der Waals surface area contributed by atoms with Gasteiger partial charge in [0.05, 0.1) is 32.6 Å². The fourth-order valence-electron chi connectivity index (χ4n) is 3.36. The molecule has 1 N–H and O–H groups in total. The largest absolute Gasteiger partial charge is 0.464 e. The van der Waals surface area contributed by atoms with Crippen molar-refractivity contribution in [1.29, 1.82) is 0 Å². The predicted octanol–water partition coefficient (Wildman–Crippen LogP) is 0.562. The number of nitrogens with one attached hydrogen (secondary N) is 1. The Bertz CT molecular complexity index is 735. The lowest BCUT2D eigenvalue weighted by Gasteiger charge is -2.17. The Kier molecular flexibility index (Phi) is 4.48. The molecule has 2 saturated heterocycles. The smallest absolute Gasteiger partial charge is 0.360 e. The maximum absolute atomic E-state index is 11.5. The van der Waals surface area contributed by atoms with Crippen molar-refractivity contribution in [3.63, 3.8) is 0 Å². The third-order valence-corrected chi connectivity index (χ3v) is 4.68. The number of carbonyl (C=O) groups is 1. The minimum atomic E-state index is -0.503. The molecule has 1 aromatic carbocycles. The molecule has 4 rings (SSSR count). The maximum Gasteiger partial charge on any atom is 0.360 e. The van der Waals surface area contributed by atoms with E-state index in [1.54, 1.807) is 10.9 Å². The Morgan fingerprint density at radius 1 is 1.28 bits per heavy atom. The minimum absolute atomic E-state index is 0.0421. The number of fused-ring (bicyclic) bond motifs is 1. The molecular formula is C17H20N4O4. The monoisotopic (exact) mass is 344 g/mol. The van der Waals surface area contributed by atoms with Gasteiger partial charge in [-0.15, -0.1) is 5.10 Å². The molecule has 8 heteroatoms. The number of ether oxygens (including phenoxy) is 3. The van der Waals surface area contributed by atoms with Crippen molar-refractivity contribution in [1.82, 2.24) is 20.3 Å². The lowest BCUT2D eigenvalue weighted by molar-refractivity contribution is 0.0592. The topological polar surface area (TPSA) is 87.5 Å². The number of carbonyl (C=O) groups excluding carboxylic acids is 1. The molecular weight excluding hydrogens is 324 g/mol. The molecule has 0 unspecified atom stereocenters. The number of esters is 1. The van der Waals surface area contributed by atoms with Gasteiger partial charge in [-0.05, 0) is 5.56 Å². The lowest BCUT2D eigenvalue weighted by atomic mass is 10.1. The molecule has 2 fully saturated rings. The van der Waals surface area contributed by atoms with Gasteiger partial charge < -0.3 is 19.5 Å². The predicted molar refractivity (Wildman–Crippen MR) is 86.9 cm³/mol. The zero-order valence-corrected chi connectivity index (χ0v) is 13.9. The lowest BCUT2D eigenvalue weighted by Crippen LogP contribution is -2.40. The van der Waals surface area contributed by atoms with E-state index in [-0.39, 0.29) is 30.0 Å². The van der Waals surface area contributed by atoms with Crippen LogP contribution in [0, 0.1) is 0 Å². The quantitative estimate of drug-likeness (QED) is 0.793. The van der Waals surface area contributed by atoms with Crippen LogP contribution in [0.4, 0.5) is 0 Å². The highest BCUT2D eigenvalue weighted by atomic mass is 16.6. The van der Waals surface area contributed by atoms with Crippen LogP contribution in [-0.2, 0) is 20.8 Å². The highest BCUT2D eigenvalue weighted by Crippen LogP contribution is 2.34. The first-order chi connectivity index (χ1) is 12.3. The zero-order chi connectivity index (χ0) is 17.2. The molecule has 1 aromatic heterocycles. The van der Waals surface area contributed by atoms with Crippen molar-refractivity contribution in [3.05, 3.63) is 47.8 Å². The van der Waals surface area contributed by atoms with E-state index < -0.39 is 5.97 Å². The Hall–Kier alpha value is -2.29. The molecule has 0 bridgehead atoms. The van der Waals surface area contributed by atoms with Crippen molar-refractivity contribution in [2.24, 2.45) is 0 Å². The molecule has 2 aliphatic rings. The van der Waals surface area contributed by atoms with E-state index in [0.717, 1.165) is 6.54 Å². The standard InChI is InChI=1S/C17H20N4O4/c1-23-17(22)12-8-21(20-19-12)14-10-25-15-13(9-24-16(14)15)18-7-11-5-3-2-4-6-11/h2-6,8,13-16,18H,7,9-10H2,1H3/t13-,14-,15+,16+/m0/s1. The molecule has 0 amide bonds. The van der Waals surface area contributed by atoms with Gasteiger partial charge in [-0.2, -0.15) is 0 Å². The molecule has 25 heavy (non-hydrogen) atoms. The number of methoxy groups -OCH3 is 1. The maximum atomic E-state index is 11.5. The molecule has 0 radical (unpaired) electrons. The first-order valence-corrected chi connectivity index (χ1v) is 8.27. The zero-order valence-electron chi connectivity index (χ0n) is 13.9. The minimum Gasteiger partial charge on any atom is -0.464 e. The van der Waals surface area contributed by atoms with E-state index in [0.29, 0.717) is 13.2 Å². The van der Waals surface area contributed by atoms with Crippen molar-refractivity contribution >= 4 is 5.97 Å². The Labute approximate surface area is 145 Å². The molecule has 2 aromatic rings. The number of nitrogens with zero attached hydrogens (tertiary/aromatic N) is 3. The summed E-state index contributed by atoms with van der Waals surface area (Å²) in [5, 5.41) is 11.4. The molecule has 2 aliphatic heterocycles. The van der Waals surface area contributed by atoms with Gasteiger partial charge in [0.25, 0.3) is 0 Å². The van der Waals surface area contributed by atoms with Gasteiger partial charge in [-0.25, -0.2) is 9.48 Å². The van der Waals surface area contributed by atoms with Gasteiger partial charge >= 0.3 is 5.97 Å². The van der Waals surface area contributed by atoms with Crippen LogP contribution < -0.4 is 5.32 Å². The summed E-state index contributed by atoms with van der Waals surface area (Å²) in [5.74, 6) is -0.503. The van der Waals surface area contributed by atoms with Crippen molar-refractivity contribution in [2.45, 2.75) is 30.8 Å². The molecule has 0 spiro atoms. The van der Waals surface area contributed by atoms with Gasteiger partial charge in [0.1, 0.15) is 18.2 Å². The summed E-state index contributed by atoms with van der Waals surface area (Å²) in [6.07, 6.45) is 1.43. The van der Waals surface area contributed by atoms with Crippen LogP contribution in [0.1, 0.15) is 22.1 Å². The number of hydrogen-bond donors (Lipinski definition) is 1. The van der Waals surface area contributed by atoms with E-state index >= 15 is 0 Å². The van der Waals surface area contributed by atoms with Gasteiger partial charge in [0, 0.05) is 6.54 Å².